The number of hydrogen-bond acceptors (Lipinski definition) is 2. The lowest BCUT2D eigenvalue weighted by Gasteiger charge is -2.30. The van der Waals surface area contributed by atoms with E-state index >= 15 is 0 Å². The van der Waals surface area contributed by atoms with E-state index in [0.717, 1.165) is 29.8 Å². The monoisotopic (exact) mass is 366 g/mol. The highest BCUT2D eigenvalue weighted by Gasteiger charge is 2.26. The van der Waals surface area contributed by atoms with Crippen LogP contribution in [0.2, 0.25) is 0 Å². The summed E-state index contributed by atoms with van der Waals surface area (Å²) in [6.45, 7) is 13.3. The second kappa shape index (κ2) is 8.60. The Bertz CT molecular complexity index is 763. The van der Waals surface area contributed by atoms with Crippen molar-refractivity contribution in [2.45, 2.75) is 65.2 Å². The molecule has 0 spiro atoms. The zero-order valence-corrected chi connectivity index (χ0v) is 17.5. The van der Waals surface area contributed by atoms with E-state index in [-0.39, 0.29) is 23.3 Å². The predicted octanol–water partition coefficient (Wildman–Crippen LogP) is 5.88. The van der Waals surface area contributed by atoms with Crippen molar-refractivity contribution in [1.82, 2.24) is 0 Å². The van der Waals surface area contributed by atoms with Crippen molar-refractivity contribution in [3.8, 4) is 5.75 Å². The molecule has 1 radical (unpaired) electrons. The van der Waals surface area contributed by atoms with Gasteiger partial charge in [-0.1, -0.05) is 65.8 Å². The second-order valence-corrected chi connectivity index (χ2v) is 8.31. The maximum Gasteiger partial charge on any atom is 0.262 e. The maximum atomic E-state index is 12.2. The Morgan fingerprint density at radius 1 is 1.00 bits per heavy atom. The molecular weight excluding hydrogens is 334 g/mol. The van der Waals surface area contributed by atoms with Crippen molar-refractivity contribution < 1.29 is 9.53 Å². The maximum absolute atomic E-state index is 12.2. The van der Waals surface area contributed by atoms with Crippen LogP contribution >= 0.6 is 0 Å². The molecule has 1 N–H and O–H groups in total. The lowest BCUT2D eigenvalue weighted by molar-refractivity contribution is -0.118. The van der Waals surface area contributed by atoms with E-state index in [1.165, 1.54) is 5.56 Å². The van der Waals surface area contributed by atoms with Gasteiger partial charge in [-0.2, -0.15) is 0 Å². The number of carbonyl (C=O) groups is 1. The molecule has 2 rings (SSSR count). The van der Waals surface area contributed by atoms with Gasteiger partial charge in [-0.05, 0) is 53.5 Å². The van der Waals surface area contributed by atoms with E-state index in [4.69, 9.17) is 4.74 Å². The molecule has 0 saturated carbocycles. The van der Waals surface area contributed by atoms with Crippen molar-refractivity contribution in [1.29, 1.82) is 0 Å². The van der Waals surface area contributed by atoms with E-state index in [1.807, 2.05) is 18.2 Å². The molecule has 0 saturated heterocycles. The molecule has 0 atom stereocenters. The summed E-state index contributed by atoms with van der Waals surface area (Å²) >= 11 is 0. The van der Waals surface area contributed by atoms with Crippen molar-refractivity contribution in [2.24, 2.45) is 0 Å². The van der Waals surface area contributed by atoms with Crippen LogP contribution in [-0.2, 0) is 15.6 Å². The van der Waals surface area contributed by atoms with Gasteiger partial charge in [-0.15, -0.1) is 0 Å². The smallest absolute Gasteiger partial charge is 0.262 e. The minimum absolute atomic E-state index is 0.0120. The van der Waals surface area contributed by atoms with Crippen molar-refractivity contribution in [3.05, 3.63) is 59.7 Å². The minimum Gasteiger partial charge on any atom is -0.483 e. The van der Waals surface area contributed by atoms with Crippen LogP contribution in [0.3, 0.4) is 0 Å². The van der Waals surface area contributed by atoms with Crippen molar-refractivity contribution in [2.75, 3.05) is 11.9 Å². The molecule has 0 aliphatic carbocycles. The van der Waals surface area contributed by atoms with Gasteiger partial charge in [0.25, 0.3) is 5.91 Å². The molecular formula is C24H32NO2. The lowest BCUT2D eigenvalue weighted by Crippen LogP contribution is -2.24. The molecule has 145 valence electrons. The fourth-order valence-corrected chi connectivity index (χ4v) is 2.81. The number of benzene rings is 2. The standard InChI is InChI=1S/C24H32NO2/c1-7-23(3,4)18-14-15-21(20(16-18)24(5,6)8-2)27-17-22(26)25-19-12-10-9-11-13-19/h10-16H,7-8,17H2,1-6H3,(H,25,26). The number of nitrogens with one attached hydrogen (secondary N) is 1. The Morgan fingerprint density at radius 3 is 2.22 bits per heavy atom. The van der Waals surface area contributed by atoms with Gasteiger partial charge in [0, 0.05) is 11.3 Å². The average Bonchev–Trinajstić information content (AvgIpc) is 2.67. The molecule has 2 aromatic rings. The number of ether oxygens (including phenoxy) is 1. The van der Waals surface area contributed by atoms with Gasteiger partial charge in [0.2, 0.25) is 0 Å². The summed E-state index contributed by atoms with van der Waals surface area (Å²) in [5.74, 6) is 0.619. The summed E-state index contributed by atoms with van der Waals surface area (Å²) in [6.07, 6.45) is 2.06. The van der Waals surface area contributed by atoms with Crippen molar-refractivity contribution >= 4 is 11.6 Å². The number of amides is 1. The summed E-state index contributed by atoms with van der Waals surface area (Å²) in [6, 6.07) is 16.5. The summed E-state index contributed by atoms with van der Waals surface area (Å²) in [7, 11) is 0. The third-order valence-electron chi connectivity index (χ3n) is 5.62. The molecule has 1 amide bonds. The van der Waals surface area contributed by atoms with Crippen LogP contribution in [0.4, 0.5) is 5.69 Å². The van der Waals surface area contributed by atoms with Crippen molar-refractivity contribution in [3.63, 3.8) is 0 Å². The first kappa shape index (κ1) is 21.0. The minimum atomic E-state index is -0.167. The Morgan fingerprint density at radius 2 is 1.63 bits per heavy atom. The molecule has 2 aromatic carbocycles. The predicted molar refractivity (Wildman–Crippen MR) is 112 cm³/mol. The third-order valence-corrected chi connectivity index (χ3v) is 5.62. The van der Waals surface area contributed by atoms with Crippen LogP contribution in [0.5, 0.6) is 5.75 Å². The fourth-order valence-electron chi connectivity index (χ4n) is 2.81. The van der Waals surface area contributed by atoms with Crippen LogP contribution in [0.15, 0.2) is 42.5 Å². The first-order chi connectivity index (χ1) is 12.7. The quantitative estimate of drug-likeness (QED) is 0.633. The fraction of sp³-hybridized carbons (Fsp3) is 0.458. The van der Waals surface area contributed by atoms with Gasteiger partial charge in [-0.3, -0.25) is 4.79 Å². The van der Waals surface area contributed by atoms with E-state index in [2.05, 4.69) is 65.1 Å². The summed E-state index contributed by atoms with van der Waals surface area (Å²) in [5.41, 5.74) is 3.29. The first-order valence-corrected chi connectivity index (χ1v) is 9.73. The van der Waals surface area contributed by atoms with Gasteiger partial charge in [0.15, 0.2) is 6.61 Å². The lowest BCUT2D eigenvalue weighted by atomic mass is 9.76. The van der Waals surface area contributed by atoms with E-state index in [1.54, 1.807) is 12.1 Å². The highest BCUT2D eigenvalue weighted by molar-refractivity contribution is 5.91. The van der Waals surface area contributed by atoms with Gasteiger partial charge in [-0.25, -0.2) is 0 Å². The highest BCUT2D eigenvalue weighted by Crippen LogP contribution is 2.38. The molecule has 0 unspecified atom stereocenters. The van der Waals surface area contributed by atoms with Gasteiger partial charge in [0.05, 0.1) is 0 Å². The third kappa shape index (κ3) is 5.35. The van der Waals surface area contributed by atoms with Gasteiger partial charge in [0.1, 0.15) is 5.75 Å². The Labute approximate surface area is 164 Å². The van der Waals surface area contributed by atoms with Gasteiger partial charge >= 0.3 is 0 Å². The topological polar surface area (TPSA) is 38.3 Å². The number of hydrogen-bond donors (Lipinski definition) is 1. The molecule has 0 bridgehead atoms. The SMILES string of the molecule is CCC(C)(C)c1ccc(OCC(=O)Nc2cc[c]cc2)c(C(C)(C)CC)c1. The Kier molecular flexibility index (Phi) is 6.69. The molecule has 3 heteroatoms. The molecule has 0 fully saturated rings. The van der Waals surface area contributed by atoms with Crippen LogP contribution < -0.4 is 10.1 Å². The number of carbonyl (C=O) groups excluding carboxylic acids is 1. The summed E-state index contributed by atoms with van der Waals surface area (Å²) in [5, 5.41) is 2.85. The molecule has 0 heterocycles. The van der Waals surface area contributed by atoms with Gasteiger partial charge < -0.3 is 10.1 Å². The van der Waals surface area contributed by atoms with Crippen LogP contribution in [0.25, 0.3) is 0 Å². The van der Waals surface area contributed by atoms with E-state index in [0.29, 0.717) is 0 Å². The number of anilines is 1. The van der Waals surface area contributed by atoms with E-state index < -0.39 is 0 Å². The molecule has 0 aliphatic rings. The largest absolute Gasteiger partial charge is 0.483 e. The average molecular weight is 367 g/mol. The van der Waals surface area contributed by atoms with E-state index in [9.17, 15) is 4.79 Å². The first-order valence-electron chi connectivity index (χ1n) is 9.73. The highest BCUT2D eigenvalue weighted by atomic mass is 16.5. The second-order valence-electron chi connectivity index (χ2n) is 8.31. The Hall–Kier alpha value is -2.29. The zero-order valence-electron chi connectivity index (χ0n) is 17.5. The molecule has 27 heavy (non-hydrogen) atoms. The van der Waals surface area contributed by atoms with Crippen LogP contribution in [-0.4, -0.2) is 12.5 Å². The number of rotatable bonds is 8. The van der Waals surface area contributed by atoms with Crippen LogP contribution in [0.1, 0.15) is 65.5 Å². The Balaban J connectivity index is 2.21. The normalized spacial score (nSPS) is 11.9. The van der Waals surface area contributed by atoms with Crippen LogP contribution in [0, 0.1) is 6.07 Å². The summed E-state index contributed by atoms with van der Waals surface area (Å²) < 4.78 is 5.94. The summed E-state index contributed by atoms with van der Waals surface area (Å²) in [4.78, 5) is 12.2. The molecule has 0 aliphatic heterocycles. The molecule has 3 nitrogen and oxygen atoms in total. The molecule has 0 aromatic heterocycles. The zero-order chi connectivity index (χ0) is 20.1.